The first-order chi connectivity index (χ1) is 16.8. The number of hydrogen-bond donors (Lipinski definition) is 0. The Hall–Kier alpha value is -0.790. The lowest BCUT2D eigenvalue weighted by Crippen LogP contribution is -2.37. The van der Waals surface area contributed by atoms with Crippen molar-refractivity contribution in [2.24, 2.45) is 0 Å². The molecule has 0 bridgehead atoms. The van der Waals surface area contributed by atoms with Crippen molar-refractivity contribution in [3.63, 3.8) is 0 Å². The average molecular weight is 476 g/mol. The Labute approximate surface area is 215 Å². The normalized spacial score (nSPS) is 11.5. The van der Waals surface area contributed by atoms with Gasteiger partial charge in [0.2, 0.25) is 0 Å². The zero-order chi connectivity index (χ0) is 24.5. The maximum Gasteiger partial charge on any atom is 0.256 e. The van der Waals surface area contributed by atoms with Crippen molar-refractivity contribution < 1.29 is 4.57 Å². The van der Waals surface area contributed by atoms with Crippen LogP contribution >= 0.6 is 0 Å². The van der Waals surface area contributed by atoms with E-state index in [0.29, 0.717) is 0 Å². The predicted octanol–water partition coefficient (Wildman–Crippen LogP) is 10.4. The van der Waals surface area contributed by atoms with Gasteiger partial charge in [0.1, 0.15) is 12.4 Å². The molecule has 0 amide bonds. The second-order valence-corrected chi connectivity index (χ2v) is 10.9. The highest BCUT2D eigenvalue weighted by atomic mass is 15.1. The molecule has 0 unspecified atom stereocenters. The number of aryl methyl sites for hydroxylation is 2. The molecule has 0 aromatic carbocycles. The Kier molecular flexibility index (Phi) is 22.0. The molecule has 0 N–H and O–H groups in total. The molecule has 0 saturated heterocycles. The van der Waals surface area contributed by atoms with E-state index in [1.54, 1.807) is 5.82 Å². The van der Waals surface area contributed by atoms with Gasteiger partial charge in [-0.2, -0.15) is 0 Å². The highest BCUT2D eigenvalue weighted by Gasteiger charge is 2.16. The Morgan fingerprint density at radius 2 is 0.912 bits per heavy atom. The van der Waals surface area contributed by atoms with E-state index in [0.717, 1.165) is 0 Å². The summed E-state index contributed by atoms with van der Waals surface area (Å²) in [6.07, 6.45) is 38.6. The molecule has 0 spiro atoms. The molecule has 0 aliphatic carbocycles. The van der Waals surface area contributed by atoms with Crippen LogP contribution in [-0.2, 0) is 19.5 Å². The summed E-state index contributed by atoms with van der Waals surface area (Å²) in [5, 5.41) is 0. The van der Waals surface area contributed by atoms with Gasteiger partial charge in [-0.15, -0.1) is 0 Å². The van der Waals surface area contributed by atoms with Gasteiger partial charge in [0, 0.05) is 6.42 Å². The third kappa shape index (κ3) is 16.8. The number of rotatable bonds is 26. The van der Waals surface area contributed by atoms with Crippen LogP contribution in [0, 0.1) is 0 Å². The average Bonchev–Trinajstić information content (AvgIpc) is 3.23. The topological polar surface area (TPSA) is 8.81 Å². The van der Waals surface area contributed by atoms with E-state index in [-0.39, 0.29) is 0 Å². The first-order valence-electron chi connectivity index (χ1n) is 15.9. The molecule has 34 heavy (non-hydrogen) atoms. The van der Waals surface area contributed by atoms with E-state index in [4.69, 9.17) is 0 Å². The molecular weight excluding hydrogens is 412 g/mol. The maximum atomic E-state index is 2.59. The minimum Gasteiger partial charge on any atom is -0.234 e. The molecule has 1 aromatic heterocycles. The fourth-order valence-electron chi connectivity index (χ4n) is 5.24. The van der Waals surface area contributed by atoms with Gasteiger partial charge in [-0.1, -0.05) is 143 Å². The summed E-state index contributed by atoms with van der Waals surface area (Å²) in [6.45, 7) is 9.35. The molecule has 1 aromatic rings. The lowest BCUT2D eigenvalue weighted by molar-refractivity contribution is -0.704. The zero-order valence-corrected chi connectivity index (χ0v) is 23.9. The number of unbranched alkanes of at least 4 members (excludes halogenated alkanes) is 20. The predicted molar refractivity (Wildman–Crippen MR) is 152 cm³/mol. The third-order valence-corrected chi connectivity index (χ3v) is 7.60. The van der Waals surface area contributed by atoms with Crippen LogP contribution in [0.3, 0.4) is 0 Å². The zero-order valence-electron chi connectivity index (χ0n) is 23.9. The summed E-state index contributed by atoms with van der Waals surface area (Å²) in [6, 6.07) is 0. The smallest absolute Gasteiger partial charge is 0.234 e. The molecule has 2 heteroatoms. The van der Waals surface area contributed by atoms with Crippen LogP contribution in [0.2, 0.25) is 0 Å². The van der Waals surface area contributed by atoms with Gasteiger partial charge in [0.25, 0.3) is 5.82 Å². The van der Waals surface area contributed by atoms with Crippen molar-refractivity contribution in [2.75, 3.05) is 0 Å². The second-order valence-electron chi connectivity index (χ2n) is 10.9. The molecule has 1 rings (SSSR count). The van der Waals surface area contributed by atoms with E-state index < -0.39 is 0 Å². The molecule has 0 saturated carbocycles. The van der Waals surface area contributed by atoms with Crippen LogP contribution in [0.5, 0.6) is 0 Å². The van der Waals surface area contributed by atoms with Crippen molar-refractivity contribution in [3.05, 3.63) is 18.2 Å². The molecule has 200 valence electrons. The summed E-state index contributed by atoms with van der Waals surface area (Å²) in [4.78, 5) is 0. The van der Waals surface area contributed by atoms with Crippen molar-refractivity contribution in [1.29, 1.82) is 0 Å². The third-order valence-electron chi connectivity index (χ3n) is 7.60. The Morgan fingerprint density at radius 1 is 0.500 bits per heavy atom. The van der Waals surface area contributed by atoms with E-state index in [1.807, 2.05) is 0 Å². The number of imidazole rings is 1. The van der Waals surface area contributed by atoms with Gasteiger partial charge in [-0.25, -0.2) is 9.13 Å². The Balaban J connectivity index is 2.16. The second kappa shape index (κ2) is 23.9. The molecule has 0 atom stereocenters. The first-order valence-corrected chi connectivity index (χ1v) is 15.9. The van der Waals surface area contributed by atoms with Gasteiger partial charge < -0.3 is 0 Å². The Bertz CT molecular complexity index is 533. The molecule has 0 aliphatic rings. The van der Waals surface area contributed by atoms with Crippen molar-refractivity contribution in [3.8, 4) is 0 Å². The SMILES string of the molecule is CCCCCCCCCCCCCCC[n+]1ccn(CCCC)c1CCCCCCCCCC. The van der Waals surface area contributed by atoms with Gasteiger partial charge >= 0.3 is 0 Å². The Morgan fingerprint density at radius 3 is 1.38 bits per heavy atom. The molecular formula is C32H63N2+. The van der Waals surface area contributed by atoms with Crippen molar-refractivity contribution >= 4 is 0 Å². The number of aromatic nitrogens is 2. The van der Waals surface area contributed by atoms with Crippen LogP contribution in [0.15, 0.2) is 12.4 Å². The largest absolute Gasteiger partial charge is 0.256 e. The number of hydrogen-bond acceptors (Lipinski definition) is 0. The summed E-state index contributed by atoms with van der Waals surface area (Å²) in [7, 11) is 0. The molecule has 1 heterocycles. The summed E-state index contributed by atoms with van der Waals surface area (Å²) in [5.41, 5.74) is 0. The fourth-order valence-corrected chi connectivity index (χ4v) is 5.24. The highest BCUT2D eigenvalue weighted by molar-refractivity contribution is 4.84. The molecule has 2 nitrogen and oxygen atoms in total. The van der Waals surface area contributed by atoms with E-state index in [1.165, 1.54) is 167 Å². The van der Waals surface area contributed by atoms with Gasteiger partial charge in [-0.05, 0) is 25.7 Å². The summed E-state index contributed by atoms with van der Waals surface area (Å²) in [5.74, 6) is 1.60. The van der Waals surface area contributed by atoms with Crippen LogP contribution in [-0.4, -0.2) is 4.57 Å². The van der Waals surface area contributed by atoms with Gasteiger partial charge in [0.05, 0.1) is 13.1 Å². The number of nitrogens with zero attached hydrogens (tertiary/aromatic N) is 2. The van der Waals surface area contributed by atoms with Gasteiger partial charge in [0.15, 0.2) is 0 Å². The van der Waals surface area contributed by atoms with Crippen LogP contribution in [0.25, 0.3) is 0 Å². The standard InChI is InChI=1S/C32H63N2/c1-4-7-10-12-14-16-17-18-19-20-22-24-26-29-34-31-30-33(28-9-6-3)32(34)27-25-23-21-15-13-11-8-5-2/h30-31H,4-29H2,1-3H3/q+1. The lowest BCUT2D eigenvalue weighted by Gasteiger charge is -2.06. The fraction of sp³-hybridized carbons (Fsp3) is 0.906. The monoisotopic (exact) mass is 475 g/mol. The quantitative estimate of drug-likeness (QED) is 0.0930. The lowest BCUT2D eigenvalue weighted by atomic mass is 10.0. The first kappa shape index (κ1) is 31.2. The van der Waals surface area contributed by atoms with Gasteiger partial charge in [-0.3, -0.25) is 0 Å². The van der Waals surface area contributed by atoms with Crippen LogP contribution in [0.1, 0.15) is 174 Å². The highest BCUT2D eigenvalue weighted by Crippen LogP contribution is 2.14. The maximum absolute atomic E-state index is 2.59. The van der Waals surface area contributed by atoms with E-state index in [9.17, 15) is 0 Å². The summed E-state index contributed by atoms with van der Waals surface area (Å²) >= 11 is 0. The minimum atomic E-state index is 1.20. The molecule has 0 fully saturated rings. The minimum absolute atomic E-state index is 1.20. The van der Waals surface area contributed by atoms with Crippen LogP contribution in [0.4, 0.5) is 0 Å². The van der Waals surface area contributed by atoms with Crippen molar-refractivity contribution in [1.82, 2.24) is 4.57 Å². The molecule has 0 radical (unpaired) electrons. The van der Waals surface area contributed by atoms with E-state index >= 15 is 0 Å². The van der Waals surface area contributed by atoms with Crippen LogP contribution < -0.4 is 4.57 Å². The summed E-state index contributed by atoms with van der Waals surface area (Å²) < 4.78 is 5.16. The molecule has 0 aliphatic heterocycles. The van der Waals surface area contributed by atoms with E-state index in [2.05, 4.69) is 42.3 Å². The van der Waals surface area contributed by atoms with Crippen molar-refractivity contribution in [2.45, 2.75) is 188 Å².